The van der Waals surface area contributed by atoms with Crippen LogP contribution in [0.1, 0.15) is 12.8 Å². The monoisotopic (exact) mass is 284 g/mol. The van der Waals surface area contributed by atoms with E-state index in [2.05, 4.69) is 10.6 Å². The van der Waals surface area contributed by atoms with Crippen LogP contribution in [0.4, 0.5) is 10.5 Å². The Morgan fingerprint density at radius 3 is 2.84 bits per heavy atom. The molecule has 0 radical (unpaired) electrons. The van der Waals surface area contributed by atoms with E-state index in [1.54, 1.807) is 24.3 Å². The molecule has 2 rings (SSSR count). The average molecular weight is 285 g/mol. The minimum atomic E-state index is -0.871. The Bertz CT molecular complexity index is 447. The minimum Gasteiger partial charge on any atom is -0.388 e. The van der Waals surface area contributed by atoms with Crippen LogP contribution in [0, 0.1) is 0 Å². The summed E-state index contributed by atoms with van der Waals surface area (Å²) in [5.74, 6) is 0. The molecule has 2 amide bonds. The van der Waals surface area contributed by atoms with Crippen LogP contribution in [0.25, 0.3) is 0 Å². The van der Waals surface area contributed by atoms with E-state index >= 15 is 0 Å². The predicted octanol–water partition coefficient (Wildman–Crippen LogP) is 2.00. The van der Waals surface area contributed by atoms with E-state index in [9.17, 15) is 9.90 Å². The van der Waals surface area contributed by atoms with Gasteiger partial charge in [0, 0.05) is 43.3 Å². The SMILES string of the molecule is O=C(NCC1(O)CCOCC1)Nc1cccc(Cl)c1. The Labute approximate surface area is 116 Å². The molecule has 0 atom stereocenters. The maximum atomic E-state index is 11.7. The van der Waals surface area contributed by atoms with Gasteiger partial charge in [0.1, 0.15) is 0 Å². The first kappa shape index (κ1) is 14.1. The maximum Gasteiger partial charge on any atom is 0.319 e. The van der Waals surface area contributed by atoms with Crippen LogP contribution in [-0.2, 0) is 4.74 Å². The lowest BCUT2D eigenvalue weighted by Gasteiger charge is -2.32. The Hall–Kier alpha value is -1.30. The summed E-state index contributed by atoms with van der Waals surface area (Å²) in [6.45, 7) is 1.25. The van der Waals surface area contributed by atoms with Crippen LogP contribution in [0.5, 0.6) is 0 Å². The van der Waals surface area contributed by atoms with Crippen molar-refractivity contribution < 1.29 is 14.6 Å². The van der Waals surface area contributed by atoms with Crippen LogP contribution >= 0.6 is 11.6 Å². The molecule has 0 bridgehead atoms. The van der Waals surface area contributed by atoms with E-state index in [4.69, 9.17) is 16.3 Å². The van der Waals surface area contributed by atoms with E-state index in [1.165, 1.54) is 0 Å². The number of hydrogen-bond donors (Lipinski definition) is 3. The van der Waals surface area contributed by atoms with Crippen molar-refractivity contribution in [3.8, 4) is 0 Å². The topological polar surface area (TPSA) is 70.6 Å². The molecule has 1 aromatic carbocycles. The van der Waals surface area contributed by atoms with E-state index in [-0.39, 0.29) is 12.6 Å². The van der Waals surface area contributed by atoms with Crippen molar-refractivity contribution >= 4 is 23.3 Å². The summed E-state index contributed by atoms with van der Waals surface area (Å²) in [4.78, 5) is 11.7. The molecule has 6 heteroatoms. The van der Waals surface area contributed by atoms with Gasteiger partial charge in [-0.2, -0.15) is 0 Å². The van der Waals surface area contributed by atoms with Crippen molar-refractivity contribution in [3.05, 3.63) is 29.3 Å². The van der Waals surface area contributed by atoms with Crippen LogP contribution in [-0.4, -0.2) is 36.5 Å². The van der Waals surface area contributed by atoms with Gasteiger partial charge in [0.05, 0.1) is 5.60 Å². The molecule has 1 aliphatic heterocycles. The molecule has 5 nitrogen and oxygen atoms in total. The number of halogens is 1. The van der Waals surface area contributed by atoms with Crippen molar-refractivity contribution in [2.45, 2.75) is 18.4 Å². The van der Waals surface area contributed by atoms with Gasteiger partial charge in [-0.1, -0.05) is 17.7 Å². The number of benzene rings is 1. The number of carbonyl (C=O) groups is 1. The second-order valence-corrected chi connectivity index (χ2v) is 5.09. The Kier molecular flexibility index (Phi) is 4.63. The molecule has 1 saturated heterocycles. The van der Waals surface area contributed by atoms with Gasteiger partial charge in [-0.3, -0.25) is 0 Å². The highest BCUT2D eigenvalue weighted by Crippen LogP contribution is 2.19. The zero-order valence-electron chi connectivity index (χ0n) is 10.5. The molecule has 1 aromatic rings. The lowest BCUT2D eigenvalue weighted by atomic mass is 9.94. The smallest absolute Gasteiger partial charge is 0.319 e. The number of nitrogens with one attached hydrogen (secondary N) is 2. The molecular formula is C13H17ClN2O3. The summed E-state index contributed by atoms with van der Waals surface area (Å²) in [5, 5.41) is 16.1. The van der Waals surface area contributed by atoms with Gasteiger partial charge >= 0.3 is 6.03 Å². The second kappa shape index (κ2) is 6.23. The van der Waals surface area contributed by atoms with E-state index in [1.807, 2.05) is 0 Å². The molecule has 3 N–H and O–H groups in total. The number of hydrogen-bond acceptors (Lipinski definition) is 3. The Balaban J connectivity index is 1.81. The minimum absolute atomic E-state index is 0.211. The van der Waals surface area contributed by atoms with Crippen LogP contribution < -0.4 is 10.6 Å². The largest absolute Gasteiger partial charge is 0.388 e. The van der Waals surface area contributed by atoms with Crippen molar-refractivity contribution in [3.63, 3.8) is 0 Å². The zero-order chi connectivity index (χ0) is 13.7. The highest BCUT2D eigenvalue weighted by molar-refractivity contribution is 6.30. The van der Waals surface area contributed by atoms with Gasteiger partial charge in [-0.15, -0.1) is 0 Å². The average Bonchev–Trinajstić information content (AvgIpc) is 2.38. The number of urea groups is 1. The summed E-state index contributed by atoms with van der Waals surface area (Å²) in [6, 6.07) is 6.53. The number of aliphatic hydroxyl groups is 1. The number of amides is 2. The molecule has 1 fully saturated rings. The van der Waals surface area contributed by atoms with Gasteiger partial charge in [0.15, 0.2) is 0 Å². The zero-order valence-corrected chi connectivity index (χ0v) is 11.2. The van der Waals surface area contributed by atoms with E-state index < -0.39 is 5.60 Å². The summed E-state index contributed by atoms with van der Waals surface area (Å²) < 4.78 is 5.18. The Morgan fingerprint density at radius 1 is 1.42 bits per heavy atom. The number of rotatable bonds is 3. The standard InChI is InChI=1S/C13H17ClN2O3/c14-10-2-1-3-11(8-10)16-12(17)15-9-13(18)4-6-19-7-5-13/h1-3,8,18H,4-7,9H2,(H2,15,16,17). The first-order valence-electron chi connectivity index (χ1n) is 6.18. The fraction of sp³-hybridized carbons (Fsp3) is 0.462. The molecule has 0 unspecified atom stereocenters. The quantitative estimate of drug-likeness (QED) is 0.795. The van der Waals surface area contributed by atoms with Crippen LogP contribution in [0.15, 0.2) is 24.3 Å². The third kappa shape index (κ3) is 4.38. The highest BCUT2D eigenvalue weighted by Gasteiger charge is 2.30. The molecule has 1 heterocycles. The van der Waals surface area contributed by atoms with Gasteiger partial charge in [0.25, 0.3) is 0 Å². The molecule has 0 aromatic heterocycles. The maximum absolute atomic E-state index is 11.7. The third-order valence-electron chi connectivity index (χ3n) is 3.08. The normalized spacial score (nSPS) is 17.8. The lowest BCUT2D eigenvalue weighted by Crippen LogP contribution is -2.47. The first-order chi connectivity index (χ1) is 9.07. The van der Waals surface area contributed by atoms with Gasteiger partial charge in [-0.05, 0) is 18.2 Å². The van der Waals surface area contributed by atoms with Gasteiger partial charge in [0.2, 0.25) is 0 Å². The molecule has 104 valence electrons. The predicted molar refractivity (Wildman–Crippen MR) is 73.5 cm³/mol. The van der Waals surface area contributed by atoms with E-state index in [0.717, 1.165) is 0 Å². The summed E-state index contributed by atoms with van der Waals surface area (Å²) in [7, 11) is 0. The van der Waals surface area contributed by atoms with Crippen molar-refractivity contribution in [2.75, 3.05) is 25.1 Å². The van der Waals surface area contributed by atoms with Crippen molar-refractivity contribution in [2.24, 2.45) is 0 Å². The first-order valence-corrected chi connectivity index (χ1v) is 6.56. The molecule has 0 aliphatic carbocycles. The van der Waals surface area contributed by atoms with E-state index in [0.29, 0.717) is 36.8 Å². The van der Waals surface area contributed by atoms with Gasteiger partial charge in [-0.25, -0.2) is 4.79 Å². The van der Waals surface area contributed by atoms with Crippen LogP contribution in [0.2, 0.25) is 5.02 Å². The van der Waals surface area contributed by atoms with Crippen molar-refractivity contribution in [1.29, 1.82) is 0 Å². The fourth-order valence-electron chi connectivity index (χ4n) is 1.91. The van der Waals surface area contributed by atoms with Crippen LogP contribution in [0.3, 0.4) is 0 Å². The molecule has 0 spiro atoms. The number of carbonyl (C=O) groups excluding carboxylic acids is 1. The molecule has 19 heavy (non-hydrogen) atoms. The molecular weight excluding hydrogens is 268 g/mol. The summed E-state index contributed by atoms with van der Waals surface area (Å²) >= 11 is 5.82. The lowest BCUT2D eigenvalue weighted by molar-refractivity contribution is -0.0598. The van der Waals surface area contributed by atoms with Crippen molar-refractivity contribution in [1.82, 2.24) is 5.32 Å². The Morgan fingerprint density at radius 2 is 2.16 bits per heavy atom. The van der Waals surface area contributed by atoms with Gasteiger partial charge < -0.3 is 20.5 Å². The molecule has 0 saturated carbocycles. The summed E-state index contributed by atoms with van der Waals surface area (Å²) in [5.41, 5.74) is -0.256. The summed E-state index contributed by atoms with van der Waals surface area (Å²) in [6.07, 6.45) is 1.06. The molecule has 1 aliphatic rings. The highest BCUT2D eigenvalue weighted by atomic mass is 35.5. The third-order valence-corrected chi connectivity index (χ3v) is 3.32. The second-order valence-electron chi connectivity index (χ2n) is 4.65. The number of ether oxygens (including phenoxy) is 1. The fourth-order valence-corrected chi connectivity index (χ4v) is 2.10. The number of anilines is 1.